The Hall–Kier alpha value is -1.66. The van der Waals surface area contributed by atoms with Crippen LogP contribution in [0.2, 0.25) is 0 Å². The summed E-state index contributed by atoms with van der Waals surface area (Å²) in [5, 5.41) is 0. The fourth-order valence-corrected chi connectivity index (χ4v) is 10.8. The molecule has 0 unspecified atom stereocenters. The van der Waals surface area contributed by atoms with Gasteiger partial charge >= 0.3 is 44.8 Å². The maximum absolute atomic E-state index is 7.12. The van der Waals surface area contributed by atoms with Gasteiger partial charge in [-0.2, -0.15) is 0 Å². The molecule has 0 saturated heterocycles. The van der Waals surface area contributed by atoms with E-state index in [0.717, 1.165) is 24.0 Å². The average molecular weight is 911 g/mol. The van der Waals surface area contributed by atoms with E-state index in [-0.39, 0.29) is 60.6 Å². The summed E-state index contributed by atoms with van der Waals surface area (Å²) in [5.74, 6) is 6.43. The first-order valence-electron chi connectivity index (χ1n) is 12.8. The molecular weight excluding hydrogens is 876 g/mol. The van der Waals surface area contributed by atoms with E-state index in [1.807, 2.05) is 12.1 Å². The van der Waals surface area contributed by atoms with Gasteiger partial charge in [0.1, 0.15) is 0 Å². The molecule has 2 aliphatic carbocycles. The average Bonchev–Trinajstić information content (AvgIpc) is 3.45. The molecule has 0 bridgehead atoms. The van der Waals surface area contributed by atoms with Crippen LogP contribution in [-0.2, 0) is 57.6 Å². The van der Waals surface area contributed by atoms with Crippen LogP contribution in [0.1, 0.15) is 33.4 Å². The van der Waals surface area contributed by atoms with E-state index in [0.29, 0.717) is 0 Å². The van der Waals surface area contributed by atoms with Crippen LogP contribution in [0.15, 0.2) is 84.9 Å². The van der Waals surface area contributed by atoms with E-state index >= 15 is 0 Å². The third-order valence-electron chi connectivity index (χ3n) is 6.58. The normalized spacial score (nSPS) is 11.0. The quantitative estimate of drug-likeness (QED) is 0.0711. The van der Waals surface area contributed by atoms with Gasteiger partial charge in [0.05, 0.1) is 0 Å². The van der Waals surface area contributed by atoms with Gasteiger partial charge in [0, 0.05) is 42.5 Å². The molecule has 2 aliphatic rings. The minimum atomic E-state index is 0. The van der Waals surface area contributed by atoms with Gasteiger partial charge in [0.2, 0.25) is 0 Å². The van der Waals surface area contributed by atoms with Crippen LogP contribution in [0.5, 0.6) is 0 Å². The molecular formula is C35H34Au2P2+2. The fraction of sp³-hybridized carbons (Fsp3) is 0.200. The zero-order valence-corrected chi connectivity index (χ0v) is 29.1. The molecule has 4 aromatic carbocycles. The van der Waals surface area contributed by atoms with Crippen molar-refractivity contribution in [2.75, 3.05) is 32.6 Å². The molecule has 0 heterocycles. The fourth-order valence-electron chi connectivity index (χ4n) is 5.15. The van der Waals surface area contributed by atoms with Gasteiger partial charge in [-0.3, -0.25) is 11.8 Å². The maximum atomic E-state index is 7.12. The second-order valence-electron chi connectivity index (χ2n) is 10.3. The number of hydrogen-bond acceptors (Lipinski definition) is 0. The van der Waals surface area contributed by atoms with Gasteiger partial charge in [0.15, 0.2) is 5.90 Å². The minimum Gasteiger partial charge on any atom is -0.366 e. The number of fused-ring (bicyclic) bond motifs is 6. The van der Waals surface area contributed by atoms with Crippen molar-refractivity contribution in [2.45, 2.75) is 12.8 Å². The topological polar surface area (TPSA) is 0 Å². The number of benzene rings is 4. The van der Waals surface area contributed by atoms with Crippen LogP contribution in [0.3, 0.4) is 0 Å². The molecule has 0 spiro atoms. The predicted octanol–water partition coefficient (Wildman–Crippen LogP) is 8.28. The van der Waals surface area contributed by atoms with Gasteiger partial charge in [-0.15, -0.1) is 35.4 Å². The van der Waals surface area contributed by atoms with Crippen molar-refractivity contribution in [2.24, 2.45) is 0 Å². The van der Waals surface area contributed by atoms with Crippen molar-refractivity contribution in [1.82, 2.24) is 0 Å². The minimum absolute atomic E-state index is 0. The van der Waals surface area contributed by atoms with E-state index in [1.54, 1.807) is 5.90 Å². The summed E-state index contributed by atoms with van der Waals surface area (Å²) in [4.78, 5) is 0. The second kappa shape index (κ2) is 16.0. The molecule has 0 aliphatic heterocycles. The second-order valence-corrected chi connectivity index (χ2v) is 16.5. The molecule has 0 radical (unpaired) electrons. The van der Waals surface area contributed by atoms with Crippen molar-refractivity contribution < 1.29 is 44.8 Å². The van der Waals surface area contributed by atoms with Crippen molar-refractivity contribution in [3.8, 4) is 34.1 Å². The smallest absolute Gasteiger partial charge is 0.366 e. The van der Waals surface area contributed by atoms with Gasteiger partial charge in [-0.1, -0.05) is 71.8 Å². The van der Waals surface area contributed by atoms with E-state index in [4.69, 9.17) is 12.8 Å². The SMILES string of the molecule is C[PH+](C)C[PH+](C)C.[Au+].[Au+].[C-]#Cc1ccc2c(c1)Cc1ccccc1-2.[C-]#Cc1ccc2c(c1)Cc1ccccc1-2. The summed E-state index contributed by atoms with van der Waals surface area (Å²) in [5.41, 5.74) is 12.4. The Morgan fingerprint density at radius 3 is 1.23 bits per heavy atom. The van der Waals surface area contributed by atoms with Gasteiger partial charge in [-0.25, -0.2) is 0 Å². The Morgan fingerprint density at radius 2 is 0.897 bits per heavy atom. The molecule has 0 saturated carbocycles. The van der Waals surface area contributed by atoms with Crippen LogP contribution >= 0.6 is 15.8 Å². The molecule has 0 fully saturated rings. The molecule has 4 aromatic rings. The van der Waals surface area contributed by atoms with Gasteiger partial charge in [-0.05, 0) is 46.2 Å². The molecule has 204 valence electrons. The largest absolute Gasteiger partial charge is 1.00 e. The van der Waals surface area contributed by atoms with Gasteiger partial charge < -0.3 is 12.8 Å². The predicted molar refractivity (Wildman–Crippen MR) is 167 cm³/mol. The molecule has 6 rings (SSSR count). The van der Waals surface area contributed by atoms with E-state index in [9.17, 15) is 0 Å². The standard InChI is InChI=1S/2C15H9.C5H14P2.2Au/c2*1-2-11-7-8-15-13(9-11)10-12-5-3-4-6-14(12)15;1-6(2)5-7(3)4;;/h2*3-9H,10H2;5H2,1-4H3;;/q2*-1;;2*+1/p+2. The summed E-state index contributed by atoms with van der Waals surface area (Å²) in [6, 6.07) is 29.2. The third-order valence-corrected chi connectivity index (χ3v) is 12.2. The zero-order chi connectivity index (χ0) is 26.4. The van der Waals surface area contributed by atoms with Crippen molar-refractivity contribution in [1.29, 1.82) is 0 Å². The van der Waals surface area contributed by atoms with Crippen LogP contribution in [0.25, 0.3) is 22.3 Å². The molecule has 0 aromatic heterocycles. The molecule has 39 heavy (non-hydrogen) atoms. The number of hydrogen-bond donors (Lipinski definition) is 0. The van der Waals surface area contributed by atoms with Crippen molar-refractivity contribution >= 4 is 15.8 Å². The Kier molecular flexibility index (Phi) is 13.7. The van der Waals surface area contributed by atoms with Gasteiger partial charge in [0.25, 0.3) is 0 Å². The first kappa shape index (κ1) is 33.5. The molecule has 0 N–H and O–H groups in total. The summed E-state index contributed by atoms with van der Waals surface area (Å²) < 4.78 is 0. The summed E-state index contributed by atoms with van der Waals surface area (Å²) in [7, 11) is 0.222. The molecule has 0 amide bonds. The van der Waals surface area contributed by atoms with Crippen LogP contribution < -0.4 is 0 Å². The summed E-state index contributed by atoms with van der Waals surface area (Å²) in [6.07, 6.45) is 16.2. The van der Waals surface area contributed by atoms with E-state index in [1.165, 1.54) is 44.5 Å². The van der Waals surface area contributed by atoms with Crippen molar-refractivity contribution in [3.63, 3.8) is 0 Å². The Morgan fingerprint density at radius 1 is 0.538 bits per heavy atom. The van der Waals surface area contributed by atoms with E-state index < -0.39 is 0 Å². The Labute approximate surface area is 269 Å². The van der Waals surface area contributed by atoms with Crippen LogP contribution in [-0.4, -0.2) is 32.6 Å². The summed E-state index contributed by atoms with van der Waals surface area (Å²) in [6.45, 7) is 9.56. The Balaban J connectivity index is 0.000000214. The van der Waals surface area contributed by atoms with E-state index in [2.05, 4.69) is 111 Å². The maximum Gasteiger partial charge on any atom is 1.00 e. The third kappa shape index (κ3) is 8.66. The monoisotopic (exact) mass is 910 g/mol. The Bertz CT molecular complexity index is 1380. The first-order chi connectivity index (χ1) is 17.9. The first-order valence-corrected chi connectivity index (χ1v) is 18.2. The molecule has 4 heteroatoms. The summed E-state index contributed by atoms with van der Waals surface area (Å²) >= 11 is 0. The molecule has 0 atom stereocenters. The van der Waals surface area contributed by atoms with Crippen LogP contribution in [0, 0.1) is 24.7 Å². The van der Waals surface area contributed by atoms with Crippen molar-refractivity contribution in [3.05, 3.63) is 131 Å². The van der Waals surface area contributed by atoms with Crippen LogP contribution in [0.4, 0.5) is 0 Å². The zero-order valence-electron chi connectivity index (χ0n) is 22.8. The molecule has 0 nitrogen and oxygen atoms in total. The number of rotatable bonds is 2.